The number of rotatable bonds is 8. The number of aliphatic hydroxyl groups excluding tert-OH is 1. The van der Waals surface area contributed by atoms with E-state index in [0.29, 0.717) is 16.9 Å². The van der Waals surface area contributed by atoms with E-state index in [1.807, 2.05) is 0 Å². The van der Waals surface area contributed by atoms with E-state index in [0.717, 1.165) is 6.42 Å². The summed E-state index contributed by atoms with van der Waals surface area (Å²) in [4.78, 5) is 7.83. The van der Waals surface area contributed by atoms with E-state index in [-0.39, 0.29) is 29.8 Å². The molecule has 1 atom stereocenters. The number of nitrogens with one attached hydrogen (secondary N) is 1. The molecule has 3 rings (SSSR count). The molecular formula is C19H22BrCl2N3O2S. The molecule has 2 heterocycles. The first-order valence-electron chi connectivity index (χ1n) is 8.53. The van der Waals surface area contributed by atoms with Gasteiger partial charge in [-0.25, -0.2) is 4.98 Å². The Bertz CT molecular complexity index is 923. The normalized spacial score (nSPS) is 12.6. The van der Waals surface area contributed by atoms with Gasteiger partial charge in [0.1, 0.15) is 12.7 Å². The SMILES string of the molecule is CC(C)(Cc1csc2ccccc12)NCC(O)COc1nc(Cl)ncc1Br.Cl. The second kappa shape index (κ2) is 10.2. The molecule has 1 unspecified atom stereocenters. The standard InChI is InChI=1S/C19H21BrClN3O2S.ClH/c1-19(2,7-12-11-27-16-6-4-3-5-14(12)16)23-8-13(25)10-26-17-15(20)9-22-18(21)24-17;/h3-6,9,11,13,23,25H,7-8,10H2,1-2H3;1H. The molecule has 0 bridgehead atoms. The van der Waals surface area contributed by atoms with E-state index in [2.05, 4.69) is 74.7 Å². The van der Waals surface area contributed by atoms with Crippen LogP contribution in [0, 0.1) is 0 Å². The number of fused-ring (bicyclic) bond motifs is 1. The van der Waals surface area contributed by atoms with Crippen molar-refractivity contribution in [2.24, 2.45) is 0 Å². The van der Waals surface area contributed by atoms with Crippen LogP contribution in [0.25, 0.3) is 10.1 Å². The summed E-state index contributed by atoms with van der Waals surface area (Å²) in [6.07, 6.45) is 1.71. The Hall–Kier alpha value is -0.960. The van der Waals surface area contributed by atoms with E-state index in [9.17, 15) is 5.11 Å². The maximum absolute atomic E-state index is 10.3. The molecule has 0 saturated heterocycles. The molecule has 2 aromatic heterocycles. The fourth-order valence-corrected chi connectivity index (χ4v) is 4.16. The van der Waals surface area contributed by atoms with Crippen LogP contribution in [-0.4, -0.2) is 39.9 Å². The predicted octanol–water partition coefficient (Wildman–Crippen LogP) is 4.88. The number of halogens is 3. The Labute approximate surface area is 188 Å². The number of nitrogens with zero attached hydrogens (tertiary/aromatic N) is 2. The highest BCUT2D eigenvalue weighted by Crippen LogP contribution is 2.28. The van der Waals surface area contributed by atoms with Crippen molar-refractivity contribution in [3.8, 4) is 5.88 Å². The number of hydrogen-bond acceptors (Lipinski definition) is 6. The Kier molecular flexibility index (Phi) is 8.48. The van der Waals surface area contributed by atoms with Crippen LogP contribution in [-0.2, 0) is 6.42 Å². The van der Waals surface area contributed by atoms with Crippen LogP contribution in [0.5, 0.6) is 5.88 Å². The van der Waals surface area contributed by atoms with Crippen LogP contribution in [0.15, 0.2) is 40.3 Å². The molecule has 1 aromatic carbocycles. The van der Waals surface area contributed by atoms with Gasteiger partial charge in [0.2, 0.25) is 11.2 Å². The molecular weight excluding hydrogens is 485 g/mol. The van der Waals surface area contributed by atoms with Crippen LogP contribution in [0.3, 0.4) is 0 Å². The molecule has 0 aliphatic rings. The summed E-state index contributed by atoms with van der Waals surface area (Å²) in [6.45, 7) is 4.78. The number of hydrogen-bond donors (Lipinski definition) is 2. The minimum absolute atomic E-state index is 0. The minimum atomic E-state index is -0.677. The molecule has 3 aromatic rings. The van der Waals surface area contributed by atoms with Gasteiger partial charge in [-0.15, -0.1) is 23.7 Å². The molecule has 0 radical (unpaired) electrons. The van der Waals surface area contributed by atoms with Crippen LogP contribution in [0.1, 0.15) is 19.4 Å². The van der Waals surface area contributed by atoms with Crippen molar-refractivity contribution in [2.75, 3.05) is 13.2 Å². The number of β-amino-alcohol motifs (C(OH)–C–C–N with tert-alkyl or cyclic N) is 1. The summed E-state index contributed by atoms with van der Waals surface area (Å²) >= 11 is 10.8. The summed E-state index contributed by atoms with van der Waals surface area (Å²) in [5.74, 6) is 0.318. The van der Waals surface area contributed by atoms with Gasteiger partial charge in [0.05, 0.1) is 4.47 Å². The van der Waals surface area contributed by atoms with Gasteiger partial charge in [-0.05, 0) is 70.2 Å². The van der Waals surface area contributed by atoms with E-state index >= 15 is 0 Å². The zero-order valence-electron chi connectivity index (χ0n) is 15.5. The molecule has 0 fully saturated rings. The van der Waals surface area contributed by atoms with Crippen molar-refractivity contribution in [1.82, 2.24) is 15.3 Å². The fourth-order valence-electron chi connectivity index (χ4n) is 2.77. The van der Waals surface area contributed by atoms with E-state index < -0.39 is 6.10 Å². The average Bonchev–Trinajstić information content (AvgIpc) is 3.03. The van der Waals surface area contributed by atoms with Crippen molar-refractivity contribution in [2.45, 2.75) is 31.9 Å². The second-order valence-corrected chi connectivity index (χ2v) is 9.06. The first-order valence-corrected chi connectivity index (χ1v) is 10.6. The zero-order chi connectivity index (χ0) is 19.4. The summed E-state index contributed by atoms with van der Waals surface area (Å²) in [5, 5.41) is 17.3. The molecule has 0 spiro atoms. The highest BCUT2D eigenvalue weighted by Gasteiger charge is 2.21. The third-order valence-corrected chi connectivity index (χ3v) is 5.84. The van der Waals surface area contributed by atoms with Gasteiger partial charge in [0.15, 0.2) is 0 Å². The third-order valence-electron chi connectivity index (χ3n) is 4.10. The van der Waals surface area contributed by atoms with Gasteiger partial charge < -0.3 is 15.2 Å². The number of aliphatic hydroxyl groups is 1. The van der Waals surface area contributed by atoms with Gasteiger partial charge in [0, 0.05) is 23.0 Å². The minimum Gasteiger partial charge on any atom is -0.474 e. The Morgan fingerprint density at radius 3 is 2.89 bits per heavy atom. The van der Waals surface area contributed by atoms with E-state index in [1.54, 1.807) is 11.3 Å². The van der Waals surface area contributed by atoms with E-state index in [1.165, 1.54) is 21.8 Å². The first-order chi connectivity index (χ1) is 12.8. The van der Waals surface area contributed by atoms with Crippen molar-refractivity contribution in [3.05, 3.63) is 51.2 Å². The topological polar surface area (TPSA) is 67.3 Å². The average molecular weight is 507 g/mol. The van der Waals surface area contributed by atoms with Crippen LogP contribution >= 0.6 is 51.3 Å². The van der Waals surface area contributed by atoms with Crippen molar-refractivity contribution in [3.63, 3.8) is 0 Å². The smallest absolute Gasteiger partial charge is 0.232 e. The number of benzene rings is 1. The molecule has 2 N–H and O–H groups in total. The van der Waals surface area contributed by atoms with Crippen LogP contribution < -0.4 is 10.1 Å². The maximum atomic E-state index is 10.3. The summed E-state index contributed by atoms with van der Waals surface area (Å²) in [6, 6.07) is 8.43. The summed E-state index contributed by atoms with van der Waals surface area (Å²) < 4.78 is 7.43. The molecule has 0 saturated carbocycles. The Morgan fingerprint density at radius 2 is 2.11 bits per heavy atom. The first kappa shape index (κ1) is 23.3. The Morgan fingerprint density at radius 1 is 1.36 bits per heavy atom. The van der Waals surface area contributed by atoms with Gasteiger partial charge >= 0.3 is 0 Å². The lowest BCUT2D eigenvalue weighted by Gasteiger charge is -2.28. The predicted molar refractivity (Wildman–Crippen MR) is 121 cm³/mol. The van der Waals surface area contributed by atoms with Gasteiger partial charge in [0.25, 0.3) is 0 Å². The van der Waals surface area contributed by atoms with Crippen molar-refractivity contribution < 1.29 is 9.84 Å². The van der Waals surface area contributed by atoms with E-state index in [4.69, 9.17) is 16.3 Å². The second-order valence-electron chi connectivity index (χ2n) is 6.96. The Balaban J connectivity index is 0.00000280. The molecule has 0 aliphatic heterocycles. The largest absolute Gasteiger partial charge is 0.474 e. The molecule has 28 heavy (non-hydrogen) atoms. The van der Waals surface area contributed by atoms with Crippen molar-refractivity contribution in [1.29, 1.82) is 0 Å². The van der Waals surface area contributed by atoms with Crippen LogP contribution in [0.4, 0.5) is 0 Å². The molecule has 152 valence electrons. The van der Waals surface area contributed by atoms with Gasteiger partial charge in [-0.2, -0.15) is 4.98 Å². The number of ether oxygens (including phenoxy) is 1. The van der Waals surface area contributed by atoms with Gasteiger partial charge in [-0.3, -0.25) is 0 Å². The molecule has 5 nitrogen and oxygen atoms in total. The summed E-state index contributed by atoms with van der Waals surface area (Å²) in [7, 11) is 0. The molecule has 0 aliphatic carbocycles. The lowest BCUT2D eigenvalue weighted by atomic mass is 9.94. The lowest BCUT2D eigenvalue weighted by Crippen LogP contribution is -2.46. The zero-order valence-corrected chi connectivity index (χ0v) is 19.5. The van der Waals surface area contributed by atoms with Crippen LogP contribution in [0.2, 0.25) is 5.28 Å². The fraction of sp³-hybridized carbons (Fsp3) is 0.368. The number of aromatic nitrogens is 2. The van der Waals surface area contributed by atoms with Gasteiger partial charge in [-0.1, -0.05) is 18.2 Å². The molecule has 0 amide bonds. The summed E-state index contributed by atoms with van der Waals surface area (Å²) in [5.41, 5.74) is 1.15. The van der Waals surface area contributed by atoms with Crippen molar-refractivity contribution >= 4 is 61.4 Å². The molecule has 9 heteroatoms. The highest BCUT2D eigenvalue weighted by molar-refractivity contribution is 9.10. The lowest BCUT2D eigenvalue weighted by molar-refractivity contribution is 0.0961. The third kappa shape index (κ3) is 6.27. The quantitative estimate of drug-likeness (QED) is 0.426. The number of thiophene rings is 1. The monoisotopic (exact) mass is 505 g/mol. The maximum Gasteiger partial charge on any atom is 0.232 e. The highest BCUT2D eigenvalue weighted by atomic mass is 79.9.